The van der Waals surface area contributed by atoms with E-state index < -0.39 is 0 Å². The van der Waals surface area contributed by atoms with Crippen molar-refractivity contribution < 1.29 is 9.13 Å². The average molecular weight is 338 g/mol. The summed E-state index contributed by atoms with van der Waals surface area (Å²) in [4.78, 5) is 9.29. The maximum Gasteiger partial charge on any atom is 0.140 e. The second-order valence-corrected chi connectivity index (χ2v) is 6.33. The fourth-order valence-electron chi connectivity index (χ4n) is 3.28. The Labute approximate surface area is 144 Å². The summed E-state index contributed by atoms with van der Waals surface area (Å²) < 4.78 is 22.5. The lowest BCUT2D eigenvalue weighted by atomic mass is 10.0. The van der Waals surface area contributed by atoms with Crippen LogP contribution < -0.4 is 4.74 Å². The smallest absolute Gasteiger partial charge is 0.140 e. The Balaban J connectivity index is 1.66. The van der Waals surface area contributed by atoms with E-state index in [0.29, 0.717) is 5.65 Å². The SMILES string of the molecule is COc1ccn2c(C)c(C(C)Cc3cn4ccc(F)cc4n3)nc2c1. The zero-order valence-corrected chi connectivity index (χ0v) is 14.4. The van der Waals surface area contributed by atoms with E-state index >= 15 is 0 Å². The standard InChI is InChI=1S/C19H19FN4O/c1-12(8-15-11-23-6-4-14(20)9-17(23)21-15)19-13(2)24-7-5-16(25-3)10-18(24)22-19/h4-7,9-12H,8H2,1-3H3. The van der Waals surface area contributed by atoms with E-state index in [1.807, 2.05) is 28.9 Å². The molecule has 0 bridgehead atoms. The summed E-state index contributed by atoms with van der Waals surface area (Å²) in [5, 5.41) is 0. The van der Waals surface area contributed by atoms with Crippen LogP contribution in [-0.2, 0) is 6.42 Å². The van der Waals surface area contributed by atoms with E-state index in [0.717, 1.165) is 34.9 Å². The van der Waals surface area contributed by atoms with Crippen LogP contribution in [0, 0.1) is 12.7 Å². The molecule has 0 radical (unpaired) electrons. The van der Waals surface area contributed by atoms with Gasteiger partial charge in [-0.15, -0.1) is 0 Å². The average Bonchev–Trinajstić information content (AvgIpc) is 3.14. The molecule has 0 aliphatic carbocycles. The first-order valence-electron chi connectivity index (χ1n) is 8.21. The Morgan fingerprint density at radius 3 is 2.80 bits per heavy atom. The van der Waals surface area contributed by atoms with Crippen LogP contribution in [0.3, 0.4) is 0 Å². The van der Waals surface area contributed by atoms with Gasteiger partial charge in [0.25, 0.3) is 0 Å². The Kier molecular flexibility index (Phi) is 3.67. The zero-order chi connectivity index (χ0) is 17.6. The summed E-state index contributed by atoms with van der Waals surface area (Å²) in [6.45, 7) is 4.20. The molecule has 0 aliphatic heterocycles. The topological polar surface area (TPSA) is 43.8 Å². The van der Waals surface area contributed by atoms with Crippen LogP contribution in [0.4, 0.5) is 4.39 Å². The molecule has 0 fully saturated rings. The number of methoxy groups -OCH3 is 1. The van der Waals surface area contributed by atoms with Crippen LogP contribution >= 0.6 is 0 Å². The summed E-state index contributed by atoms with van der Waals surface area (Å²) in [6, 6.07) is 6.72. The van der Waals surface area contributed by atoms with Crippen LogP contribution in [0.2, 0.25) is 0 Å². The lowest BCUT2D eigenvalue weighted by molar-refractivity contribution is 0.414. The van der Waals surface area contributed by atoms with Gasteiger partial charge in [0.05, 0.1) is 18.5 Å². The summed E-state index contributed by atoms with van der Waals surface area (Å²) in [5.41, 5.74) is 4.57. The van der Waals surface area contributed by atoms with E-state index in [1.165, 1.54) is 12.1 Å². The first kappa shape index (κ1) is 15.6. The molecule has 4 rings (SSSR count). The van der Waals surface area contributed by atoms with Crippen molar-refractivity contribution >= 4 is 11.3 Å². The third-order valence-corrected chi connectivity index (χ3v) is 4.56. The number of pyridine rings is 2. The van der Waals surface area contributed by atoms with Gasteiger partial charge in [0.1, 0.15) is 22.9 Å². The molecule has 0 N–H and O–H groups in total. The number of aryl methyl sites for hydroxylation is 1. The number of hydrogen-bond donors (Lipinski definition) is 0. The van der Waals surface area contributed by atoms with E-state index in [1.54, 1.807) is 13.3 Å². The van der Waals surface area contributed by atoms with Gasteiger partial charge >= 0.3 is 0 Å². The van der Waals surface area contributed by atoms with Gasteiger partial charge in [-0.05, 0) is 25.5 Å². The molecule has 1 atom stereocenters. The molecule has 0 amide bonds. The number of imidazole rings is 2. The van der Waals surface area contributed by atoms with Gasteiger partial charge in [0, 0.05) is 42.3 Å². The number of rotatable bonds is 4. The number of halogens is 1. The maximum atomic E-state index is 13.3. The van der Waals surface area contributed by atoms with Crippen LogP contribution in [0.15, 0.2) is 42.9 Å². The van der Waals surface area contributed by atoms with Crippen LogP contribution in [0.5, 0.6) is 5.75 Å². The van der Waals surface area contributed by atoms with E-state index in [9.17, 15) is 4.39 Å². The van der Waals surface area contributed by atoms with Gasteiger partial charge in [-0.3, -0.25) is 0 Å². The molecular weight excluding hydrogens is 319 g/mol. The largest absolute Gasteiger partial charge is 0.497 e. The van der Waals surface area contributed by atoms with Crippen LogP contribution in [-0.4, -0.2) is 25.9 Å². The second kappa shape index (κ2) is 5.88. The third kappa shape index (κ3) is 2.73. The second-order valence-electron chi connectivity index (χ2n) is 6.33. The quantitative estimate of drug-likeness (QED) is 0.569. The zero-order valence-electron chi connectivity index (χ0n) is 14.4. The fraction of sp³-hybridized carbons (Fsp3) is 0.263. The predicted molar refractivity (Wildman–Crippen MR) is 93.8 cm³/mol. The van der Waals surface area contributed by atoms with Gasteiger partial charge in [0.15, 0.2) is 0 Å². The number of nitrogens with zero attached hydrogens (tertiary/aromatic N) is 4. The van der Waals surface area contributed by atoms with Gasteiger partial charge < -0.3 is 13.5 Å². The highest BCUT2D eigenvalue weighted by Gasteiger charge is 2.17. The van der Waals surface area contributed by atoms with Crippen molar-refractivity contribution in [3.05, 3.63) is 65.8 Å². The Bertz CT molecular complexity index is 1070. The van der Waals surface area contributed by atoms with Gasteiger partial charge in [-0.25, -0.2) is 14.4 Å². The molecule has 4 aromatic heterocycles. The first-order chi connectivity index (χ1) is 12.0. The Hall–Kier alpha value is -2.89. The highest BCUT2D eigenvalue weighted by Crippen LogP contribution is 2.25. The molecule has 6 heteroatoms. The van der Waals surface area contributed by atoms with Crippen molar-refractivity contribution in [2.75, 3.05) is 7.11 Å². The Morgan fingerprint density at radius 2 is 2.00 bits per heavy atom. The molecule has 25 heavy (non-hydrogen) atoms. The van der Waals surface area contributed by atoms with Crippen molar-refractivity contribution in [2.24, 2.45) is 0 Å². The highest BCUT2D eigenvalue weighted by atomic mass is 19.1. The first-order valence-corrected chi connectivity index (χ1v) is 8.21. The molecular formula is C19H19FN4O. The van der Waals surface area contributed by atoms with E-state index in [4.69, 9.17) is 9.72 Å². The molecule has 1 unspecified atom stereocenters. The molecule has 128 valence electrons. The van der Waals surface area contributed by atoms with Crippen molar-refractivity contribution in [2.45, 2.75) is 26.2 Å². The lowest BCUT2D eigenvalue weighted by Crippen LogP contribution is -2.01. The van der Waals surface area contributed by atoms with E-state index in [2.05, 4.69) is 23.2 Å². The summed E-state index contributed by atoms with van der Waals surface area (Å²) in [7, 11) is 1.65. The predicted octanol–water partition coefficient (Wildman–Crippen LogP) is 3.78. The summed E-state index contributed by atoms with van der Waals surface area (Å²) in [6.07, 6.45) is 6.35. The minimum absolute atomic E-state index is 0.195. The van der Waals surface area contributed by atoms with Crippen LogP contribution in [0.25, 0.3) is 11.3 Å². The van der Waals surface area contributed by atoms with Crippen LogP contribution in [0.1, 0.15) is 29.9 Å². The molecule has 0 aromatic carbocycles. The molecule has 0 aliphatic rings. The number of fused-ring (bicyclic) bond motifs is 2. The van der Waals surface area contributed by atoms with Crippen molar-refractivity contribution in [3.63, 3.8) is 0 Å². The maximum absolute atomic E-state index is 13.3. The van der Waals surface area contributed by atoms with E-state index in [-0.39, 0.29) is 11.7 Å². The molecule has 4 aromatic rings. The molecule has 0 saturated heterocycles. The van der Waals surface area contributed by atoms with Crippen molar-refractivity contribution in [1.82, 2.24) is 18.8 Å². The minimum Gasteiger partial charge on any atom is -0.497 e. The number of ether oxygens (including phenoxy) is 1. The molecule has 4 heterocycles. The fourth-order valence-corrected chi connectivity index (χ4v) is 3.28. The van der Waals surface area contributed by atoms with Gasteiger partial charge in [-0.2, -0.15) is 0 Å². The van der Waals surface area contributed by atoms with Crippen molar-refractivity contribution in [1.29, 1.82) is 0 Å². The Morgan fingerprint density at radius 1 is 1.16 bits per heavy atom. The summed E-state index contributed by atoms with van der Waals surface area (Å²) >= 11 is 0. The molecule has 0 spiro atoms. The van der Waals surface area contributed by atoms with Gasteiger partial charge in [0.2, 0.25) is 0 Å². The van der Waals surface area contributed by atoms with Gasteiger partial charge in [-0.1, -0.05) is 6.92 Å². The third-order valence-electron chi connectivity index (χ3n) is 4.56. The monoisotopic (exact) mass is 338 g/mol. The van der Waals surface area contributed by atoms with Crippen molar-refractivity contribution in [3.8, 4) is 5.75 Å². The molecule has 0 saturated carbocycles. The lowest BCUT2D eigenvalue weighted by Gasteiger charge is -2.07. The molecule has 5 nitrogen and oxygen atoms in total. The minimum atomic E-state index is -0.275. The number of hydrogen-bond acceptors (Lipinski definition) is 3. The number of aromatic nitrogens is 4. The highest BCUT2D eigenvalue weighted by molar-refractivity contribution is 5.48. The summed E-state index contributed by atoms with van der Waals surface area (Å²) in [5.74, 6) is 0.711. The normalized spacial score (nSPS) is 12.8.